The van der Waals surface area contributed by atoms with E-state index in [0.29, 0.717) is 22.0 Å². The van der Waals surface area contributed by atoms with Crippen LogP contribution in [0.1, 0.15) is 16.8 Å². The van der Waals surface area contributed by atoms with Crippen molar-refractivity contribution < 1.29 is 8.42 Å². The molecule has 0 spiro atoms. The fourth-order valence-corrected chi connectivity index (χ4v) is 3.58. The summed E-state index contributed by atoms with van der Waals surface area (Å²) >= 11 is 6.00. The summed E-state index contributed by atoms with van der Waals surface area (Å²) in [6, 6.07) is 3.23. The first-order valence-corrected chi connectivity index (χ1v) is 7.86. The van der Waals surface area contributed by atoms with Crippen LogP contribution < -0.4 is 4.72 Å². The molecule has 0 amide bonds. The number of aryl methyl sites for hydroxylation is 4. The minimum absolute atomic E-state index is 0.225. The number of hydrogen-bond acceptors (Lipinski definition) is 3. The zero-order valence-corrected chi connectivity index (χ0v) is 13.3. The third-order valence-electron chi connectivity index (χ3n) is 3.00. The molecule has 1 aromatic carbocycles. The molecule has 0 unspecified atom stereocenters. The van der Waals surface area contributed by atoms with Gasteiger partial charge in [0.15, 0.2) is 0 Å². The fourth-order valence-electron chi connectivity index (χ4n) is 1.94. The Labute approximate surface area is 123 Å². The van der Waals surface area contributed by atoms with Crippen LogP contribution in [0.4, 0.5) is 5.69 Å². The van der Waals surface area contributed by atoms with E-state index in [1.54, 1.807) is 50.8 Å². The molecule has 0 atom stereocenters. The van der Waals surface area contributed by atoms with E-state index in [9.17, 15) is 8.42 Å². The maximum Gasteiger partial charge on any atom is 0.262 e. The van der Waals surface area contributed by atoms with Crippen LogP contribution in [0.2, 0.25) is 5.02 Å². The van der Waals surface area contributed by atoms with E-state index in [1.165, 1.54) is 0 Å². The van der Waals surface area contributed by atoms with Gasteiger partial charge in [-0.15, -0.1) is 0 Å². The van der Waals surface area contributed by atoms with Gasteiger partial charge < -0.3 is 0 Å². The number of nitrogens with one attached hydrogen (secondary N) is 1. The van der Waals surface area contributed by atoms with Crippen LogP contribution in [-0.4, -0.2) is 18.2 Å². The van der Waals surface area contributed by atoms with Crippen LogP contribution >= 0.6 is 11.6 Å². The van der Waals surface area contributed by atoms with Crippen molar-refractivity contribution in [2.45, 2.75) is 25.7 Å². The Balaban J connectivity index is 2.46. The van der Waals surface area contributed by atoms with E-state index in [2.05, 4.69) is 9.82 Å². The van der Waals surface area contributed by atoms with Gasteiger partial charge in [0.25, 0.3) is 10.0 Å². The summed E-state index contributed by atoms with van der Waals surface area (Å²) in [5, 5.41) is 4.67. The van der Waals surface area contributed by atoms with Gasteiger partial charge in [0.2, 0.25) is 0 Å². The lowest BCUT2D eigenvalue weighted by atomic mass is 10.2. The second-order valence-electron chi connectivity index (χ2n) is 4.77. The van der Waals surface area contributed by atoms with E-state index in [4.69, 9.17) is 11.6 Å². The summed E-state index contributed by atoms with van der Waals surface area (Å²) < 4.78 is 29.0. The van der Waals surface area contributed by atoms with Gasteiger partial charge in [-0.1, -0.05) is 11.6 Å². The summed E-state index contributed by atoms with van der Waals surface area (Å²) in [5.74, 6) is 0. The minimum Gasteiger partial charge on any atom is -0.276 e. The Kier molecular flexibility index (Phi) is 3.80. The second-order valence-corrected chi connectivity index (χ2v) is 6.83. The normalized spacial score (nSPS) is 11.7. The third kappa shape index (κ3) is 2.81. The van der Waals surface area contributed by atoms with Crippen LogP contribution in [0, 0.1) is 20.8 Å². The predicted molar refractivity (Wildman–Crippen MR) is 79.7 cm³/mol. The highest BCUT2D eigenvalue weighted by Gasteiger charge is 2.20. The molecule has 7 heteroatoms. The predicted octanol–water partition coefficient (Wildman–Crippen LogP) is 2.80. The van der Waals surface area contributed by atoms with Crippen LogP contribution in [0.5, 0.6) is 0 Å². The summed E-state index contributed by atoms with van der Waals surface area (Å²) in [5.41, 5.74) is 2.43. The zero-order chi connectivity index (χ0) is 15.1. The van der Waals surface area contributed by atoms with E-state index in [1.807, 2.05) is 0 Å². The maximum atomic E-state index is 12.5. The van der Waals surface area contributed by atoms with E-state index >= 15 is 0 Å². The van der Waals surface area contributed by atoms with Crippen molar-refractivity contribution >= 4 is 27.3 Å². The molecule has 2 rings (SSSR count). The lowest BCUT2D eigenvalue weighted by Crippen LogP contribution is -2.14. The quantitative estimate of drug-likeness (QED) is 0.947. The Morgan fingerprint density at radius 2 is 1.85 bits per heavy atom. The topological polar surface area (TPSA) is 64.0 Å². The average Bonchev–Trinajstić information content (AvgIpc) is 2.61. The van der Waals surface area contributed by atoms with Crippen molar-refractivity contribution in [2.24, 2.45) is 7.05 Å². The summed E-state index contributed by atoms with van der Waals surface area (Å²) in [6.07, 6.45) is 1.63. The standard InChI is InChI=1S/C13H16ClN3O2S/c1-8-6-13(9(2)5-11(8)14)20(18,19)16-12-7-17(4)15-10(12)3/h5-7,16H,1-4H3. The molecule has 0 fully saturated rings. The molecular formula is C13H16ClN3O2S. The highest BCUT2D eigenvalue weighted by atomic mass is 35.5. The SMILES string of the molecule is Cc1cc(S(=O)(=O)Nc2cn(C)nc2C)c(C)cc1Cl. The Morgan fingerprint density at radius 1 is 1.20 bits per heavy atom. The molecule has 20 heavy (non-hydrogen) atoms. The Morgan fingerprint density at radius 3 is 2.40 bits per heavy atom. The molecule has 1 aromatic heterocycles. The lowest BCUT2D eigenvalue weighted by molar-refractivity contribution is 0.600. The zero-order valence-electron chi connectivity index (χ0n) is 11.7. The molecule has 0 aliphatic heterocycles. The molecular weight excluding hydrogens is 298 g/mol. The third-order valence-corrected chi connectivity index (χ3v) is 4.92. The molecule has 108 valence electrons. The van der Waals surface area contributed by atoms with Gasteiger partial charge in [0.1, 0.15) is 0 Å². The molecule has 0 aliphatic rings. The Bertz CT molecular complexity index is 766. The number of benzene rings is 1. The van der Waals surface area contributed by atoms with Crippen molar-refractivity contribution in [1.82, 2.24) is 9.78 Å². The van der Waals surface area contributed by atoms with Gasteiger partial charge in [-0.2, -0.15) is 5.10 Å². The number of rotatable bonds is 3. The van der Waals surface area contributed by atoms with Gasteiger partial charge in [-0.05, 0) is 44.0 Å². The smallest absolute Gasteiger partial charge is 0.262 e. The monoisotopic (exact) mass is 313 g/mol. The average molecular weight is 314 g/mol. The summed E-state index contributed by atoms with van der Waals surface area (Å²) in [6.45, 7) is 5.24. The fraction of sp³-hybridized carbons (Fsp3) is 0.308. The van der Waals surface area contributed by atoms with Crippen molar-refractivity contribution in [2.75, 3.05) is 4.72 Å². The second kappa shape index (κ2) is 5.10. The molecule has 5 nitrogen and oxygen atoms in total. The van der Waals surface area contributed by atoms with Crippen LogP contribution in [0.3, 0.4) is 0 Å². The van der Waals surface area contributed by atoms with Crippen LogP contribution in [-0.2, 0) is 17.1 Å². The number of halogens is 1. The number of nitrogens with zero attached hydrogens (tertiary/aromatic N) is 2. The van der Waals surface area contributed by atoms with Gasteiger partial charge in [0.05, 0.1) is 16.3 Å². The lowest BCUT2D eigenvalue weighted by Gasteiger charge is -2.11. The largest absolute Gasteiger partial charge is 0.276 e. The molecule has 0 radical (unpaired) electrons. The number of anilines is 1. The van der Waals surface area contributed by atoms with E-state index in [0.717, 1.165) is 5.56 Å². The maximum absolute atomic E-state index is 12.5. The first kappa shape index (κ1) is 14.9. The van der Waals surface area contributed by atoms with Gasteiger partial charge in [0, 0.05) is 18.3 Å². The van der Waals surface area contributed by atoms with E-state index < -0.39 is 10.0 Å². The molecule has 1 N–H and O–H groups in total. The van der Waals surface area contributed by atoms with Crippen LogP contribution in [0.15, 0.2) is 23.2 Å². The minimum atomic E-state index is -3.65. The van der Waals surface area contributed by atoms with Crippen molar-refractivity contribution in [3.05, 3.63) is 40.2 Å². The molecule has 0 saturated carbocycles. The molecule has 0 bridgehead atoms. The summed E-state index contributed by atoms with van der Waals surface area (Å²) in [7, 11) is -1.92. The molecule has 1 heterocycles. The first-order valence-electron chi connectivity index (χ1n) is 6.00. The number of sulfonamides is 1. The van der Waals surface area contributed by atoms with Gasteiger partial charge >= 0.3 is 0 Å². The Hall–Kier alpha value is -1.53. The van der Waals surface area contributed by atoms with Gasteiger partial charge in [-0.25, -0.2) is 8.42 Å². The first-order chi connectivity index (χ1) is 9.20. The van der Waals surface area contributed by atoms with Crippen molar-refractivity contribution in [3.63, 3.8) is 0 Å². The summed E-state index contributed by atoms with van der Waals surface area (Å²) in [4.78, 5) is 0.225. The van der Waals surface area contributed by atoms with Crippen molar-refractivity contribution in [3.8, 4) is 0 Å². The molecule has 0 aliphatic carbocycles. The highest BCUT2D eigenvalue weighted by molar-refractivity contribution is 7.92. The molecule has 0 saturated heterocycles. The number of hydrogen-bond donors (Lipinski definition) is 1. The van der Waals surface area contributed by atoms with Crippen LogP contribution in [0.25, 0.3) is 0 Å². The highest BCUT2D eigenvalue weighted by Crippen LogP contribution is 2.26. The molecule has 2 aromatic rings. The van der Waals surface area contributed by atoms with Gasteiger partial charge in [-0.3, -0.25) is 9.40 Å². The van der Waals surface area contributed by atoms with E-state index in [-0.39, 0.29) is 4.90 Å². The van der Waals surface area contributed by atoms with Crippen molar-refractivity contribution in [1.29, 1.82) is 0 Å². The number of aromatic nitrogens is 2.